The first kappa shape index (κ1) is 35.4. The van der Waals surface area contributed by atoms with Gasteiger partial charge in [0, 0.05) is 6.61 Å². The van der Waals surface area contributed by atoms with Crippen LogP contribution in [0.1, 0.15) is 162 Å². The van der Waals surface area contributed by atoms with Crippen LogP contribution in [0.2, 0.25) is 0 Å². The zero-order valence-corrected chi connectivity index (χ0v) is 24.9. The summed E-state index contributed by atoms with van der Waals surface area (Å²) in [6, 6.07) is 0. The Morgan fingerprint density at radius 3 is 1.56 bits per heavy atom. The Kier molecular flexibility index (Phi) is 28.5. The number of aliphatic hydroxyl groups excluding tert-OH is 1. The third-order valence-corrected chi connectivity index (χ3v) is 7.47. The van der Waals surface area contributed by atoms with E-state index in [1.165, 1.54) is 103 Å². The van der Waals surface area contributed by atoms with Crippen LogP contribution in [0.15, 0.2) is 0 Å². The molecule has 0 amide bonds. The van der Waals surface area contributed by atoms with Crippen molar-refractivity contribution in [3.8, 4) is 0 Å². The highest BCUT2D eigenvalue weighted by Gasteiger charge is 2.19. The largest absolute Gasteiger partial charge is 0.465 e. The predicted octanol–water partition coefficient (Wildman–Crippen LogP) is 9.08. The number of rotatable bonds is 29. The van der Waals surface area contributed by atoms with E-state index in [1.807, 2.05) is 0 Å². The SMILES string of the molecule is CCCCCCCCC(CCCCCC)C(=O)OCCCCCCN(CCCCO)CCCCCC. The number of aliphatic hydroxyl groups is 1. The van der Waals surface area contributed by atoms with Gasteiger partial charge in [-0.2, -0.15) is 0 Å². The zero-order chi connectivity index (χ0) is 26.5. The summed E-state index contributed by atoms with van der Waals surface area (Å²) in [4.78, 5) is 15.4. The smallest absolute Gasteiger partial charge is 0.308 e. The van der Waals surface area contributed by atoms with Crippen LogP contribution in [-0.2, 0) is 9.53 Å². The van der Waals surface area contributed by atoms with Crippen molar-refractivity contribution < 1.29 is 14.6 Å². The molecule has 0 radical (unpaired) electrons. The molecule has 1 N–H and O–H groups in total. The van der Waals surface area contributed by atoms with Gasteiger partial charge in [-0.25, -0.2) is 0 Å². The molecule has 0 aromatic rings. The highest BCUT2D eigenvalue weighted by atomic mass is 16.5. The summed E-state index contributed by atoms with van der Waals surface area (Å²) < 4.78 is 5.75. The van der Waals surface area contributed by atoms with E-state index < -0.39 is 0 Å². The minimum Gasteiger partial charge on any atom is -0.465 e. The molecule has 36 heavy (non-hydrogen) atoms. The van der Waals surface area contributed by atoms with E-state index in [0.717, 1.165) is 58.0 Å². The Balaban J connectivity index is 4.11. The van der Waals surface area contributed by atoms with Gasteiger partial charge < -0.3 is 14.7 Å². The second-order valence-corrected chi connectivity index (χ2v) is 11.0. The number of nitrogens with zero attached hydrogens (tertiary/aromatic N) is 1. The molecule has 1 atom stereocenters. The van der Waals surface area contributed by atoms with E-state index in [2.05, 4.69) is 25.7 Å². The number of unbranched alkanes of at least 4 members (excludes halogenated alkanes) is 15. The second kappa shape index (κ2) is 29.0. The molecule has 0 bridgehead atoms. The molecule has 0 aromatic carbocycles. The molecule has 0 saturated carbocycles. The van der Waals surface area contributed by atoms with Crippen molar-refractivity contribution in [1.29, 1.82) is 0 Å². The molecule has 0 aliphatic carbocycles. The fraction of sp³-hybridized carbons (Fsp3) is 0.969. The minimum atomic E-state index is 0.0715. The van der Waals surface area contributed by atoms with E-state index in [4.69, 9.17) is 9.84 Å². The summed E-state index contributed by atoms with van der Waals surface area (Å²) >= 11 is 0. The van der Waals surface area contributed by atoms with Crippen molar-refractivity contribution in [3.63, 3.8) is 0 Å². The van der Waals surface area contributed by atoms with Crippen LogP contribution in [0, 0.1) is 5.92 Å². The van der Waals surface area contributed by atoms with Crippen molar-refractivity contribution in [2.75, 3.05) is 32.8 Å². The number of ether oxygens (including phenoxy) is 1. The van der Waals surface area contributed by atoms with E-state index >= 15 is 0 Å². The molecule has 0 spiro atoms. The van der Waals surface area contributed by atoms with Crippen LogP contribution in [0.4, 0.5) is 0 Å². The number of esters is 1. The summed E-state index contributed by atoms with van der Waals surface area (Å²) in [7, 11) is 0. The number of hydrogen-bond acceptors (Lipinski definition) is 4. The van der Waals surface area contributed by atoms with Crippen LogP contribution < -0.4 is 0 Å². The number of carbonyl (C=O) groups excluding carboxylic acids is 1. The fourth-order valence-corrected chi connectivity index (χ4v) is 5.00. The van der Waals surface area contributed by atoms with E-state index in [-0.39, 0.29) is 11.9 Å². The van der Waals surface area contributed by atoms with Gasteiger partial charge >= 0.3 is 5.97 Å². The average Bonchev–Trinajstić information content (AvgIpc) is 2.88. The minimum absolute atomic E-state index is 0.0715. The molecule has 4 heteroatoms. The van der Waals surface area contributed by atoms with Gasteiger partial charge in [0.15, 0.2) is 0 Å². The van der Waals surface area contributed by atoms with Gasteiger partial charge in [0.2, 0.25) is 0 Å². The molecule has 4 nitrogen and oxygen atoms in total. The molecule has 0 aliphatic heterocycles. The monoisotopic (exact) mass is 511 g/mol. The van der Waals surface area contributed by atoms with Crippen LogP contribution in [0.25, 0.3) is 0 Å². The Morgan fingerprint density at radius 1 is 0.583 bits per heavy atom. The summed E-state index contributed by atoms with van der Waals surface area (Å²) in [5.41, 5.74) is 0. The van der Waals surface area contributed by atoms with Gasteiger partial charge in [-0.05, 0) is 64.6 Å². The first-order valence-electron chi connectivity index (χ1n) is 16.2. The zero-order valence-electron chi connectivity index (χ0n) is 24.9. The third-order valence-electron chi connectivity index (χ3n) is 7.47. The first-order valence-corrected chi connectivity index (χ1v) is 16.2. The van der Waals surface area contributed by atoms with Crippen molar-refractivity contribution in [3.05, 3.63) is 0 Å². The van der Waals surface area contributed by atoms with Crippen molar-refractivity contribution in [2.45, 2.75) is 162 Å². The maximum absolute atomic E-state index is 12.8. The molecule has 0 heterocycles. The number of carbonyl (C=O) groups is 1. The van der Waals surface area contributed by atoms with Gasteiger partial charge in [0.25, 0.3) is 0 Å². The van der Waals surface area contributed by atoms with Gasteiger partial charge in [0.05, 0.1) is 12.5 Å². The Hall–Kier alpha value is -0.610. The van der Waals surface area contributed by atoms with E-state index in [0.29, 0.717) is 13.2 Å². The molecular formula is C32H65NO3. The lowest BCUT2D eigenvalue weighted by Crippen LogP contribution is -2.27. The number of hydrogen-bond donors (Lipinski definition) is 1. The molecule has 1 unspecified atom stereocenters. The van der Waals surface area contributed by atoms with Crippen molar-refractivity contribution in [2.24, 2.45) is 5.92 Å². The quantitative estimate of drug-likeness (QED) is 0.0803. The van der Waals surface area contributed by atoms with Crippen LogP contribution in [-0.4, -0.2) is 48.8 Å². The lowest BCUT2D eigenvalue weighted by Gasteiger charge is -2.22. The van der Waals surface area contributed by atoms with Crippen LogP contribution >= 0.6 is 0 Å². The van der Waals surface area contributed by atoms with Gasteiger partial charge in [-0.1, -0.05) is 117 Å². The van der Waals surface area contributed by atoms with E-state index in [9.17, 15) is 4.79 Å². The Labute approximate surface area is 226 Å². The summed E-state index contributed by atoms with van der Waals surface area (Å²) in [5.74, 6) is 0.190. The normalized spacial score (nSPS) is 12.4. The average molecular weight is 512 g/mol. The first-order chi connectivity index (χ1) is 17.7. The van der Waals surface area contributed by atoms with Crippen molar-refractivity contribution in [1.82, 2.24) is 4.90 Å². The van der Waals surface area contributed by atoms with Gasteiger partial charge in [-0.15, -0.1) is 0 Å². The topological polar surface area (TPSA) is 49.8 Å². The molecular weight excluding hydrogens is 446 g/mol. The Morgan fingerprint density at radius 2 is 1.00 bits per heavy atom. The molecule has 0 saturated heterocycles. The van der Waals surface area contributed by atoms with Crippen LogP contribution in [0.3, 0.4) is 0 Å². The van der Waals surface area contributed by atoms with Gasteiger partial charge in [-0.3, -0.25) is 4.79 Å². The van der Waals surface area contributed by atoms with Gasteiger partial charge in [0.1, 0.15) is 0 Å². The molecule has 0 aromatic heterocycles. The summed E-state index contributed by atoms with van der Waals surface area (Å²) in [5, 5.41) is 9.09. The molecule has 0 rings (SSSR count). The molecule has 0 aliphatic rings. The third kappa shape index (κ3) is 23.8. The standard InChI is InChI=1S/C32H65NO3/c1-4-7-10-13-14-18-25-31(24-17-11-8-5-2)32(35)36-30-23-16-15-20-27-33(28-21-22-29-34)26-19-12-9-6-3/h31,34H,4-30H2,1-3H3. The summed E-state index contributed by atoms with van der Waals surface area (Å²) in [6.45, 7) is 11.1. The van der Waals surface area contributed by atoms with Crippen LogP contribution in [0.5, 0.6) is 0 Å². The highest BCUT2D eigenvalue weighted by molar-refractivity contribution is 5.72. The molecule has 0 fully saturated rings. The lowest BCUT2D eigenvalue weighted by atomic mass is 9.94. The van der Waals surface area contributed by atoms with E-state index in [1.54, 1.807) is 0 Å². The lowest BCUT2D eigenvalue weighted by molar-refractivity contribution is -0.149. The van der Waals surface area contributed by atoms with Crippen molar-refractivity contribution >= 4 is 5.97 Å². The fourth-order valence-electron chi connectivity index (χ4n) is 5.00. The summed E-state index contributed by atoms with van der Waals surface area (Å²) in [6.07, 6.45) is 26.5. The maximum Gasteiger partial charge on any atom is 0.308 e. The highest BCUT2D eigenvalue weighted by Crippen LogP contribution is 2.20. The second-order valence-electron chi connectivity index (χ2n) is 11.0. The maximum atomic E-state index is 12.8. The predicted molar refractivity (Wildman–Crippen MR) is 157 cm³/mol. The molecule has 216 valence electrons. The Bertz CT molecular complexity index is 443.